The lowest BCUT2D eigenvalue weighted by molar-refractivity contribution is -0.125. The van der Waals surface area contributed by atoms with E-state index in [1.54, 1.807) is 11.1 Å². The van der Waals surface area contributed by atoms with Crippen LogP contribution in [0.1, 0.15) is 28.8 Å². The molecule has 2 aromatic rings. The molecule has 2 aliphatic rings. The highest BCUT2D eigenvalue weighted by molar-refractivity contribution is 6.15. The maximum Gasteiger partial charge on any atom is 0.226 e. The number of carbonyl (C=O) groups is 2. The molecule has 4 rings (SSSR count). The molecule has 2 heterocycles. The minimum absolute atomic E-state index is 0.00666. The molecule has 120 valence electrons. The molecule has 1 saturated heterocycles. The number of hydrogen-bond donors (Lipinski definition) is 1. The van der Waals surface area contributed by atoms with Gasteiger partial charge in [-0.05, 0) is 30.2 Å². The molecule has 1 N–H and O–H groups in total. The largest absolute Gasteiger partial charge is 0.365 e. The second-order valence-corrected chi connectivity index (χ2v) is 6.18. The molecule has 0 aliphatic carbocycles. The Kier molecular flexibility index (Phi) is 3.45. The summed E-state index contributed by atoms with van der Waals surface area (Å²) in [7, 11) is 0. The van der Waals surface area contributed by atoms with Gasteiger partial charge in [0.25, 0.3) is 0 Å². The van der Waals surface area contributed by atoms with Crippen molar-refractivity contribution in [2.75, 3.05) is 11.9 Å². The van der Waals surface area contributed by atoms with Crippen molar-refractivity contribution in [2.24, 2.45) is 0 Å². The third-order valence-corrected chi connectivity index (χ3v) is 4.71. The van der Waals surface area contributed by atoms with Crippen LogP contribution in [0.2, 0.25) is 0 Å². The fourth-order valence-corrected chi connectivity index (χ4v) is 3.42. The highest BCUT2D eigenvalue weighted by Gasteiger charge is 2.44. The van der Waals surface area contributed by atoms with Gasteiger partial charge in [0.1, 0.15) is 5.54 Å². The first-order valence-electron chi connectivity index (χ1n) is 8.17. The van der Waals surface area contributed by atoms with Crippen LogP contribution in [0.15, 0.2) is 66.9 Å². The highest BCUT2D eigenvalue weighted by Crippen LogP contribution is 2.40. The van der Waals surface area contributed by atoms with E-state index >= 15 is 0 Å². The summed E-state index contributed by atoms with van der Waals surface area (Å²) in [6.45, 7) is 0.710. The summed E-state index contributed by atoms with van der Waals surface area (Å²) in [5, 5.41) is 3.38. The van der Waals surface area contributed by atoms with Crippen molar-refractivity contribution in [1.29, 1.82) is 0 Å². The number of amides is 1. The van der Waals surface area contributed by atoms with E-state index in [0.29, 0.717) is 18.5 Å². The average molecular weight is 318 g/mol. The molecule has 1 amide bonds. The molecule has 2 aliphatic heterocycles. The standard InChI is InChI=1S/C20H18N2O2/c23-18-11-6-13-22(18)14-12-20(15-7-2-1-3-8-15)19(24)16-9-4-5-10-17(16)21-20/h1-5,7-10,12,14,21H,6,11,13H2/b14-12+. The zero-order valence-electron chi connectivity index (χ0n) is 13.2. The van der Waals surface area contributed by atoms with E-state index < -0.39 is 5.54 Å². The summed E-state index contributed by atoms with van der Waals surface area (Å²) in [5.41, 5.74) is 1.41. The summed E-state index contributed by atoms with van der Waals surface area (Å²) in [6, 6.07) is 17.2. The third kappa shape index (κ3) is 2.22. The average Bonchev–Trinajstić information content (AvgIpc) is 3.16. The molecule has 24 heavy (non-hydrogen) atoms. The lowest BCUT2D eigenvalue weighted by Gasteiger charge is -2.26. The number of fused-ring (bicyclic) bond motifs is 1. The van der Waals surface area contributed by atoms with Gasteiger partial charge < -0.3 is 10.2 Å². The summed E-state index contributed by atoms with van der Waals surface area (Å²) in [5.74, 6) is 0.115. The van der Waals surface area contributed by atoms with E-state index in [1.807, 2.05) is 60.7 Å². The van der Waals surface area contributed by atoms with Crippen molar-refractivity contribution in [2.45, 2.75) is 18.4 Å². The molecule has 0 radical (unpaired) electrons. The molecule has 0 bridgehead atoms. The Morgan fingerprint density at radius 1 is 1.00 bits per heavy atom. The fraction of sp³-hybridized carbons (Fsp3) is 0.200. The Balaban J connectivity index is 1.79. The molecule has 4 nitrogen and oxygen atoms in total. The number of hydrogen-bond acceptors (Lipinski definition) is 3. The van der Waals surface area contributed by atoms with Gasteiger partial charge in [-0.15, -0.1) is 0 Å². The first-order valence-corrected chi connectivity index (χ1v) is 8.17. The van der Waals surface area contributed by atoms with Gasteiger partial charge in [-0.2, -0.15) is 0 Å². The van der Waals surface area contributed by atoms with E-state index in [9.17, 15) is 9.59 Å². The van der Waals surface area contributed by atoms with Gasteiger partial charge in [0.05, 0.1) is 0 Å². The van der Waals surface area contributed by atoms with Gasteiger partial charge in [0.2, 0.25) is 5.91 Å². The SMILES string of the molecule is O=C1CCCN1/C=C/C1(c2ccccc2)Nc2ccccc2C1=O. The van der Waals surface area contributed by atoms with Crippen LogP contribution < -0.4 is 5.32 Å². The zero-order valence-corrected chi connectivity index (χ0v) is 13.2. The lowest BCUT2D eigenvalue weighted by atomic mass is 9.85. The number of anilines is 1. The molecule has 0 saturated carbocycles. The number of para-hydroxylation sites is 1. The van der Waals surface area contributed by atoms with E-state index in [4.69, 9.17) is 0 Å². The van der Waals surface area contributed by atoms with E-state index in [2.05, 4.69) is 5.32 Å². The predicted molar refractivity (Wildman–Crippen MR) is 92.6 cm³/mol. The van der Waals surface area contributed by atoms with Gasteiger partial charge >= 0.3 is 0 Å². The monoisotopic (exact) mass is 318 g/mol. The van der Waals surface area contributed by atoms with Gasteiger partial charge in [0, 0.05) is 30.4 Å². The maximum atomic E-state index is 13.2. The third-order valence-electron chi connectivity index (χ3n) is 4.71. The molecule has 1 fully saturated rings. The van der Waals surface area contributed by atoms with Crippen LogP contribution >= 0.6 is 0 Å². The highest BCUT2D eigenvalue weighted by atomic mass is 16.2. The summed E-state index contributed by atoms with van der Waals surface area (Å²) >= 11 is 0. The zero-order chi connectivity index (χ0) is 16.6. The van der Waals surface area contributed by atoms with Crippen LogP contribution in [0, 0.1) is 0 Å². The molecule has 4 heteroatoms. The van der Waals surface area contributed by atoms with Gasteiger partial charge in [-0.1, -0.05) is 42.5 Å². The number of ketones is 1. The van der Waals surface area contributed by atoms with Crippen molar-refractivity contribution in [1.82, 2.24) is 4.90 Å². The minimum Gasteiger partial charge on any atom is -0.365 e. The Hall–Kier alpha value is -2.88. The summed E-state index contributed by atoms with van der Waals surface area (Å²) in [6.07, 6.45) is 5.03. The summed E-state index contributed by atoms with van der Waals surface area (Å²) in [4.78, 5) is 26.8. The molecular formula is C20H18N2O2. The molecule has 1 unspecified atom stereocenters. The van der Waals surface area contributed by atoms with Crippen molar-refractivity contribution in [3.63, 3.8) is 0 Å². The van der Waals surface area contributed by atoms with Gasteiger partial charge in [-0.3, -0.25) is 9.59 Å². The fourth-order valence-electron chi connectivity index (χ4n) is 3.42. The molecular weight excluding hydrogens is 300 g/mol. The number of Topliss-reactive ketones (excluding diaryl/α,β-unsaturated/α-hetero) is 1. The maximum absolute atomic E-state index is 13.2. The first kappa shape index (κ1) is 14.7. The number of benzene rings is 2. The quantitative estimate of drug-likeness (QED) is 0.944. The van der Waals surface area contributed by atoms with E-state index in [1.165, 1.54) is 0 Å². The van der Waals surface area contributed by atoms with Crippen LogP contribution in [0.25, 0.3) is 0 Å². The van der Waals surface area contributed by atoms with E-state index in [-0.39, 0.29) is 11.7 Å². The number of rotatable bonds is 3. The predicted octanol–water partition coefficient (Wildman–Crippen LogP) is 3.33. The van der Waals surface area contributed by atoms with Crippen LogP contribution in [0.5, 0.6) is 0 Å². The van der Waals surface area contributed by atoms with Crippen molar-refractivity contribution in [3.05, 3.63) is 78.0 Å². The number of carbonyl (C=O) groups excluding carboxylic acids is 2. The number of nitrogens with one attached hydrogen (secondary N) is 1. The van der Waals surface area contributed by atoms with Crippen LogP contribution in [-0.4, -0.2) is 23.1 Å². The van der Waals surface area contributed by atoms with Crippen LogP contribution in [-0.2, 0) is 10.3 Å². The first-order chi connectivity index (χ1) is 11.7. The Morgan fingerprint density at radius 2 is 1.75 bits per heavy atom. The van der Waals surface area contributed by atoms with Crippen LogP contribution in [0.3, 0.4) is 0 Å². The molecule has 1 atom stereocenters. The second kappa shape index (κ2) is 5.64. The smallest absolute Gasteiger partial charge is 0.226 e. The van der Waals surface area contributed by atoms with Crippen molar-refractivity contribution in [3.8, 4) is 0 Å². The van der Waals surface area contributed by atoms with Crippen molar-refractivity contribution >= 4 is 17.4 Å². The molecule has 2 aromatic carbocycles. The Bertz CT molecular complexity index is 829. The Labute approximate surface area is 140 Å². The normalized spacial score (nSPS) is 22.9. The van der Waals surface area contributed by atoms with Gasteiger partial charge in [0.15, 0.2) is 5.78 Å². The second-order valence-electron chi connectivity index (χ2n) is 6.18. The molecule has 0 spiro atoms. The topological polar surface area (TPSA) is 49.4 Å². The van der Waals surface area contributed by atoms with Gasteiger partial charge in [-0.25, -0.2) is 0 Å². The van der Waals surface area contributed by atoms with Crippen molar-refractivity contribution < 1.29 is 9.59 Å². The minimum atomic E-state index is -0.964. The summed E-state index contributed by atoms with van der Waals surface area (Å²) < 4.78 is 0. The van der Waals surface area contributed by atoms with Crippen LogP contribution in [0.4, 0.5) is 5.69 Å². The number of likely N-dealkylation sites (tertiary alicyclic amines) is 1. The van der Waals surface area contributed by atoms with E-state index in [0.717, 1.165) is 17.7 Å². The molecule has 0 aromatic heterocycles. The Morgan fingerprint density at radius 3 is 2.46 bits per heavy atom. The lowest BCUT2D eigenvalue weighted by Crippen LogP contribution is -2.37. The number of nitrogens with zero attached hydrogens (tertiary/aromatic N) is 1.